The van der Waals surface area contributed by atoms with Gasteiger partial charge in [-0.05, 0) is 117 Å². The van der Waals surface area contributed by atoms with Crippen LogP contribution in [0.5, 0.6) is 0 Å². The van der Waals surface area contributed by atoms with Gasteiger partial charge >= 0.3 is 6.09 Å². The Morgan fingerprint density at radius 1 is 0.742 bits per heavy atom. The van der Waals surface area contributed by atoms with Gasteiger partial charge in [-0.3, -0.25) is 14.5 Å². The second kappa shape index (κ2) is 19.8. The van der Waals surface area contributed by atoms with E-state index < -0.39 is 16.4 Å². The van der Waals surface area contributed by atoms with Crippen molar-refractivity contribution in [2.24, 2.45) is 0 Å². The van der Waals surface area contributed by atoms with Crippen LogP contribution in [0.25, 0.3) is 0 Å². The fraction of sp³-hybridized carbons (Fsp3) is 0.264. The van der Waals surface area contributed by atoms with E-state index in [4.69, 9.17) is 4.74 Å². The van der Waals surface area contributed by atoms with E-state index in [2.05, 4.69) is 102 Å². The summed E-state index contributed by atoms with van der Waals surface area (Å²) < 4.78 is 19.3. The highest BCUT2D eigenvalue weighted by molar-refractivity contribution is 8.01. The van der Waals surface area contributed by atoms with E-state index in [-0.39, 0.29) is 35.2 Å². The Labute approximate surface area is 369 Å². The Kier molecular flexibility index (Phi) is 14.1. The number of nitrogens with one attached hydrogen (secondary N) is 2. The molecular formula is C53H54FN3O4S. The smallest absolute Gasteiger partial charge is 0.414 e. The van der Waals surface area contributed by atoms with E-state index in [1.807, 2.05) is 56.8 Å². The standard InChI is InChI=1S/C53H54FN3O4S/c1-37(58)31-39-15-14-22-45(32-39)56-50(59)49-34-47(30-27-40(49)26-23-38-24-28-44(54)29-25-38)57(51(60)61-52(2,3)4)36-46-33-48(35-55-46)62-53(41-16-8-5-9-17-41,42-18-10-6-11-19-42)43-20-12-7-13-21-43/h5-22,24-25,27-30,32,34,46,48,55H,23,26,31,33,35-36H2,1-4H3,(H,56,59). The lowest BCUT2D eigenvalue weighted by molar-refractivity contribution is -0.116. The number of benzene rings is 6. The summed E-state index contributed by atoms with van der Waals surface area (Å²) in [6, 6.07) is 51.0. The molecule has 2 atom stereocenters. The third-order valence-electron chi connectivity index (χ3n) is 11.0. The van der Waals surface area contributed by atoms with Crippen LogP contribution in [0.4, 0.5) is 20.6 Å². The molecule has 62 heavy (non-hydrogen) atoms. The summed E-state index contributed by atoms with van der Waals surface area (Å²) in [6.45, 7) is 8.11. The molecule has 2 unspecified atom stereocenters. The van der Waals surface area contributed by atoms with Crippen LogP contribution in [0.3, 0.4) is 0 Å². The van der Waals surface area contributed by atoms with Crippen LogP contribution in [-0.4, -0.2) is 47.8 Å². The van der Waals surface area contributed by atoms with Gasteiger partial charge in [-0.15, -0.1) is 11.8 Å². The molecule has 1 aliphatic heterocycles. The van der Waals surface area contributed by atoms with E-state index in [0.29, 0.717) is 36.3 Å². The van der Waals surface area contributed by atoms with Gasteiger partial charge < -0.3 is 15.4 Å². The molecule has 2 amide bonds. The van der Waals surface area contributed by atoms with Gasteiger partial charge in [0.1, 0.15) is 17.2 Å². The first kappa shape index (κ1) is 44.0. The molecule has 6 aromatic carbocycles. The number of amides is 2. The maximum Gasteiger partial charge on any atom is 0.414 e. The quantitative estimate of drug-likeness (QED) is 0.100. The average Bonchev–Trinajstić information content (AvgIpc) is 3.71. The molecule has 6 aromatic rings. The van der Waals surface area contributed by atoms with Crippen molar-refractivity contribution >= 4 is 40.9 Å². The second-order valence-electron chi connectivity index (χ2n) is 17.0. The summed E-state index contributed by atoms with van der Waals surface area (Å²) in [7, 11) is 0. The molecule has 0 saturated carbocycles. The lowest BCUT2D eigenvalue weighted by Gasteiger charge is -2.37. The van der Waals surface area contributed by atoms with E-state index in [9.17, 15) is 18.8 Å². The summed E-state index contributed by atoms with van der Waals surface area (Å²) in [5.41, 5.74) is 6.81. The topological polar surface area (TPSA) is 87.7 Å². The van der Waals surface area contributed by atoms with Gasteiger partial charge in [0.05, 0.1) is 4.75 Å². The van der Waals surface area contributed by atoms with E-state index in [1.165, 1.54) is 35.7 Å². The van der Waals surface area contributed by atoms with Crippen molar-refractivity contribution in [3.8, 4) is 0 Å². The zero-order chi connectivity index (χ0) is 43.7. The highest BCUT2D eigenvalue weighted by Crippen LogP contribution is 2.51. The molecule has 1 fully saturated rings. The number of carbonyl (C=O) groups is 3. The van der Waals surface area contributed by atoms with Gasteiger partial charge in [-0.1, -0.05) is 121 Å². The first-order chi connectivity index (χ1) is 29.9. The van der Waals surface area contributed by atoms with Gasteiger partial charge in [-0.25, -0.2) is 9.18 Å². The molecule has 7 rings (SSSR count). The Morgan fingerprint density at radius 2 is 1.35 bits per heavy atom. The van der Waals surface area contributed by atoms with Crippen LogP contribution in [0.2, 0.25) is 0 Å². The molecule has 0 spiro atoms. The van der Waals surface area contributed by atoms with Crippen LogP contribution in [0, 0.1) is 5.82 Å². The summed E-state index contributed by atoms with van der Waals surface area (Å²) in [5.74, 6) is -0.632. The van der Waals surface area contributed by atoms with Crippen molar-refractivity contribution in [1.82, 2.24) is 5.32 Å². The Balaban J connectivity index is 1.20. The van der Waals surface area contributed by atoms with Crippen molar-refractivity contribution in [3.05, 3.63) is 202 Å². The summed E-state index contributed by atoms with van der Waals surface area (Å²) in [5, 5.41) is 6.96. The number of aryl methyl sites for hydroxylation is 2. The highest BCUT2D eigenvalue weighted by atomic mass is 32.2. The third-order valence-corrected chi connectivity index (χ3v) is 12.7. The lowest BCUT2D eigenvalue weighted by Crippen LogP contribution is -2.44. The van der Waals surface area contributed by atoms with Crippen molar-refractivity contribution in [3.63, 3.8) is 0 Å². The summed E-state index contributed by atoms with van der Waals surface area (Å²) in [4.78, 5) is 42.1. The Bertz CT molecular complexity index is 2360. The molecular weight excluding hydrogens is 794 g/mol. The van der Waals surface area contributed by atoms with Gasteiger partial charge in [0.2, 0.25) is 0 Å². The minimum Gasteiger partial charge on any atom is -0.443 e. The Hall–Kier alpha value is -6.03. The number of halogens is 1. The third kappa shape index (κ3) is 11.1. The normalized spacial score (nSPS) is 15.2. The Morgan fingerprint density at radius 3 is 1.94 bits per heavy atom. The van der Waals surface area contributed by atoms with E-state index in [1.54, 1.807) is 35.2 Å². The first-order valence-electron chi connectivity index (χ1n) is 21.2. The fourth-order valence-corrected chi connectivity index (χ4v) is 9.97. The van der Waals surface area contributed by atoms with Crippen LogP contribution >= 0.6 is 11.8 Å². The molecule has 7 nitrogen and oxygen atoms in total. The SMILES string of the molecule is CC(=O)Cc1cccc(NC(=O)c2cc(N(CC3CC(SC(c4ccccc4)(c4ccccc4)c4ccccc4)CN3)C(=O)OC(C)(C)C)ccc2CCc2ccc(F)cc2)c1. The van der Waals surface area contributed by atoms with E-state index in [0.717, 1.165) is 29.7 Å². The van der Waals surface area contributed by atoms with Crippen LogP contribution < -0.4 is 15.5 Å². The number of Topliss-reactive ketones (excluding diaryl/α,β-unsaturated/α-hetero) is 1. The van der Waals surface area contributed by atoms with Crippen LogP contribution in [0.15, 0.2) is 158 Å². The second-order valence-corrected chi connectivity index (χ2v) is 18.5. The number of hydrogen-bond acceptors (Lipinski definition) is 6. The van der Waals surface area contributed by atoms with Gasteiger partial charge in [0, 0.05) is 47.7 Å². The van der Waals surface area contributed by atoms with E-state index >= 15 is 0 Å². The molecule has 9 heteroatoms. The molecule has 0 bridgehead atoms. The van der Waals surface area contributed by atoms with Crippen molar-refractivity contribution in [1.29, 1.82) is 0 Å². The number of anilines is 2. The zero-order valence-corrected chi connectivity index (χ0v) is 36.6. The average molecular weight is 848 g/mol. The minimum atomic E-state index is -0.766. The molecule has 318 valence electrons. The number of ether oxygens (including phenoxy) is 1. The number of thioether (sulfide) groups is 1. The van der Waals surface area contributed by atoms with Gasteiger partial charge in [0.15, 0.2) is 0 Å². The van der Waals surface area contributed by atoms with Crippen LogP contribution in [-0.2, 0) is 33.5 Å². The highest BCUT2D eigenvalue weighted by Gasteiger charge is 2.42. The largest absolute Gasteiger partial charge is 0.443 e. The maximum atomic E-state index is 14.3. The molecule has 1 saturated heterocycles. The zero-order valence-electron chi connectivity index (χ0n) is 35.8. The molecule has 0 aliphatic carbocycles. The van der Waals surface area contributed by atoms with Gasteiger partial charge in [0.25, 0.3) is 5.91 Å². The number of nitrogens with zero attached hydrogens (tertiary/aromatic N) is 1. The number of carbonyl (C=O) groups excluding carboxylic acids is 3. The molecule has 0 aromatic heterocycles. The fourth-order valence-electron chi connectivity index (χ4n) is 8.14. The molecule has 1 heterocycles. The van der Waals surface area contributed by atoms with Crippen molar-refractivity contribution in [2.45, 2.75) is 75.0 Å². The summed E-state index contributed by atoms with van der Waals surface area (Å²) in [6.07, 6.45) is 1.60. The first-order valence-corrected chi connectivity index (χ1v) is 22.1. The van der Waals surface area contributed by atoms with Gasteiger partial charge in [-0.2, -0.15) is 0 Å². The van der Waals surface area contributed by atoms with Crippen molar-refractivity contribution in [2.75, 3.05) is 23.3 Å². The predicted molar refractivity (Wildman–Crippen MR) is 250 cm³/mol. The maximum absolute atomic E-state index is 14.3. The molecule has 1 aliphatic rings. The molecule has 2 N–H and O–H groups in total. The predicted octanol–water partition coefficient (Wildman–Crippen LogP) is 11.2. The van der Waals surface area contributed by atoms with Crippen LogP contribution in [0.1, 0.15) is 77.9 Å². The molecule has 0 radical (unpaired) electrons. The monoisotopic (exact) mass is 847 g/mol. The van der Waals surface area contributed by atoms with Crippen molar-refractivity contribution < 1.29 is 23.5 Å². The summed E-state index contributed by atoms with van der Waals surface area (Å²) >= 11 is 1.93. The number of hydrogen-bond donors (Lipinski definition) is 2. The number of ketones is 1. The lowest BCUT2D eigenvalue weighted by atomic mass is 9.84. The minimum absolute atomic E-state index is 0.0241. The number of rotatable bonds is 15.